The Balaban J connectivity index is 0.000000516. The van der Waals surface area contributed by atoms with Crippen LogP contribution in [0.15, 0.2) is 30.5 Å². The molecule has 1 aromatic carbocycles. The summed E-state index contributed by atoms with van der Waals surface area (Å²) in [5.74, 6) is -1.37. The van der Waals surface area contributed by atoms with Crippen LogP contribution >= 0.6 is 0 Å². The Hall–Kier alpha value is -3.28. The van der Waals surface area contributed by atoms with E-state index in [2.05, 4.69) is 11.1 Å². The fraction of sp³-hybridized carbons (Fsp3) is 0.350. The molecule has 0 spiro atoms. The van der Waals surface area contributed by atoms with Gasteiger partial charge in [0.25, 0.3) is 0 Å². The first-order valence-electron chi connectivity index (χ1n) is 8.33. The number of aromatic nitrogens is 1. The highest BCUT2D eigenvalue weighted by Gasteiger charge is 2.38. The summed E-state index contributed by atoms with van der Waals surface area (Å²) in [6, 6.07) is 9.66. The average molecular weight is 410 g/mol. The van der Waals surface area contributed by atoms with Gasteiger partial charge in [-0.2, -0.15) is 18.4 Å². The van der Waals surface area contributed by atoms with Gasteiger partial charge in [-0.3, -0.25) is 0 Å². The number of aryl methyl sites for hydroxylation is 1. The van der Waals surface area contributed by atoms with Crippen molar-refractivity contribution in [1.82, 2.24) is 4.98 Å². The molecule has 0 fully saturated rings. The SMILES string of the molecule is COc1cc(OC(C)(C)C)ccc1-c1c(C)ccnc1C#N.O=C(O)C(F)(F)F. The molecular weight excluding hydrogens is 389 g/mol. The number of pyridine rings is 1. The zero-order valence-corrected chi connectivity index (χ0v) is 16.6. The number of nitriles is 1. The molecule has 9 heteroatoms. The summed E-state index contributed by atoms with van der Waals surface area (Å²) in [7, 11) is 1.61. The van der Waals surface area contributed by atoms with Crippen LogP contribution in [0.1, 0.15) is 32.0 Å². The lowest BCUT2D eigenvalue weighted by Gasteiger charge is -2.22. The topological polar surface area (TPSA) is 92.4 Å². The summed E-state index contributed by atoms with van der Waals surface area (Å²) in [6.07, 6.45) is -3.44. The molecule has 0 radical (unpaired) electrons. The van der Waals surface area contributed by atoms with Crippen LogP contribution in [0, 0.1) is 18.3 Å². The largest absolute Gasteiger partial charge is 0.496 e. The summed E-state index contributed by atoms with van der Waals surface area (Å²) in [6.45, 7) is 7.93. The summed E-state index contributed by atoms with van der Waals surface area (Å²) in [5.41, 5.74) is 2.72. The second-order valence-corrected chi connectivity index (χ2v) is 6.84. The third-order valence-corrected chi connectivity index (χ3v) is 3.37. The van der Waals surface area contributed by atoms with Crippen molar-refractivity contribution in [3.8, 4) is 28.7 Å². The smallest absolute Gasteiger partial charge is 0.490 e. The third-order valence-electron chi connectivity index (χ3n) is 3.37. The molecule has 0 bridgehead atoms. The molecule has 0 saturated heterocycles. The van der Waals surface area contributed by atoms with E-state index in [1.54, 1.807) is 13.3 Å². The number of carboxylic acid groups (broad SMARTS) is 1. The van der Waals surface area contributed by atoms with Crippen molar-refractivity contribution in [1.29, 1.82) is 5.26 Å². The van der Waals surface area contributed by atoms with E-state index in [9.17, 15) is 18.4 Å². The quantitative estimate of drug-likeness (QED) is 0.785. The highest BCUT2D eigenvalue weighted by atomic mass is 19.4. The molecule has 1 heterocycles. The van der Waals surface area contributed by atoms with Crippen LogP contribution in [0.2, 0.25) is 0 Å². The summed E-state index contributed by atoms with van der Waals surface area (Å²) < 4.78 is 43.1. The lowest BCUT2D eigenvalue weighted by Crippen LogP contribution is -2.22. The Morgan fingerprint density at radius 1 is 1.21 bits per heavy atom. The van der Waals surface area contributed by atoms with E-state index >= 15 is 0 Å². The molecule has 2 aromatic rings. The molecule has 0 amide bonds. The van der Waals surface area contributed by atoms with Crippen molar-refractivity contribution in [2.75, 3.05) is 7.11 Å². The Bertz CT molecular complexity index is 913. The molecule has 0 aliphatic heterocycles. The van der Waals surface area contributed by atoms with Crippen LogP contribution in [0.3, 0.4) is 0 Å². The maximum absolute atomic E-state index is 10.6. The maximum atomic E-state index is 10.6. The molecule has 29 heavy (non-hydrogen) atoms. The number of hydrogen-bond donors (Lipinski definition) is 1. The normalized spacial score (nSPS) is 11.0. The van der Waals surface area contributed by atoms with Crippen LogP contribution in [-0.2, 0) is 4.79 Å². The number of hydrogen-bond acceptors (Lipinski definition) is 5. The lowest BCUT2D eigenvalue weighted by molar-refractivity contribution is -0.192. The van der Waals surface area contributed by atoms with Gasteiger partial charge in [0.15, 0.2) is 0 Å². The fourth-order valence-corrected chi connectivity index (χ4v) is 2.28. The van der Waals surface area contributed by atoms with Gasteiger partial charge in [-0.1, -0.05) is 0 Å². The molecule has 0 saturated carbocycles. The Labute approximate surface area is 166 Å². The number of carboxylic acids is 1. The molecule has 0 unspecified atom stereocenters. The van der Waals surface area contributed by atoms with Crippen LogP contribution in [0.25, 0.3) is 11.1 Å². The molecule has 0 aliphatic carbocycles. The van der Waals surface area contributed by atoms with Gasteiger partial charge in [0.05, 0.1) is 7.11 Å². The van der Waals surface area contributed by atoms with Crippen LogP contribution < -0.4 is 9.47 Å². The molecule has 2 rings (SSSR count). The number of rotatable bonds is 3. The lowest BCUT2D eigenvalue weighted by atomic mass is 9.98. The first kappa shape index (κ1) is 23.8. The van der Waals surface area contributed by atoms with Gasteiger partial charge in [-0.05, 0) is 51.5 Å². The number of methoxy groups -OCH3 is 1. The molecule has 156 valence electrons. The first-order chi connectivity index (χ1) is 13.3. The minimum Gasteiger partial charge on any atom is -0.496 e. The van der Waals surface area contributed by atoms with Crippen molar-refractivity contribution in [2.24, 2.45) is 0 Å². The van der Waals surface area contributed by atoms with Crippen molar-refractivity contribution in [2.45, 2.75) is 39.5 Å². The predicted molar refractivity (Wildman–Crippen MR) is 99.7 cm³/mol. The third kappa shape index (κ3) is 6.99. The van der Waals surface area contributed by atoms with E-state index < -0.39 is 12.1 Å². The summed E-state index contributed by atoms with van der Waals surface area (Å²) in [5, 5.41) is 16.4. The Morgan fingerprint density at radius 2 is 1.79 bits per heavy atom. The molecule has 1 aromatic heterocycles. The van der Waals surface area contributed by atoms with Crippen molar-refractivity contribution < 1.29 is 32.5 Å². The van der Waals surface area contributed by atoms with Gasteiger partial charge in [-0.25, -0.2) is 9.78 Å². The van der Waals surface area contributed by atoms with E-state index in [0.717, 1.165) is 22.4 Å². The van der Waals surface area contributed by atoms with Gasteiger partial charge in [0.1, 0.15) is 28.9 Å². The molecule has 1 N–H and O–H groups in total. The van der Waals surface area contributed by atoms with Gasteiger partial charge in [-0.15, -0.1) is 0 Å². The van der Waals surface area contributed by atoms with Gasteiger partial charge in [0, 0.05) is 23.4 Å². The van der Waals surface area contributed by atoms with Crippen LogP contribution in [-0.4, -0.2) is 34.9 Å². The Kier molecular flexibility index (Phi) is 7.60. The monoisotopic (exact) mass is 410 g/mol. The summed E-state index contributed by atoms with van der Waals surface area (Å²) in [4.78, 5) is 13.0. The van der Waals surface area contributed by atoms with Crippen molar-refractivity contribution >= 4 is 5.97 Å². The number of alkyl halides is 3. The van der Waals surface area contributed by atoms with Crippen molar-refractivity contribution in [3.05, 3.63) is 41.7 Å². The number of benzene rings is 1. The Morgan fingerprint density at radius 3 is 2.24 bits per heavy atom. The molecule has 6 nitrogen and oxygen atoms in total. The minimum atomic E-state index is -5.08. The minimum absolute atomic E-state index is 0.283. The van der Waals surface area contributed by atoms with E-state index in [4.69, 9.17) is 19.4 Å². The van der Waals surface area contributed by atoms with Crippen molar-refractivity contribution in [3.63, 3.8) is 0 Å². The van der Waals surface area contributed by atoms with Crippen LogP contribution in [0.5, 0.6) is 11.5 Å². The average Bonchev–Trinajstić information content (AvgIpc) is 2.60. The fourth-order valence-electron chi connectivity index (χ4n) is 2.28. The highest BCUT2D eigenvalue weighted by molar-refractivity contribution is 5.77. The molecule has 0 aliphatic rings. The van der Waals surface area contributed by atoms with Crippen LogP contribution in [0.4, 0.5) is 13.2 Å². The zero-order chi connectivity index (χ0) is 22.4. The number of halogens is 3. The zero-order valence-electron chi connectivity index (χ0n) is 16.6. The highest BCUT2D eigenvalue weighted by Crippen LogP contribution is 2.37. The molecule has 0 atom stereocenters. The molecular formula is C20H21F3N2O4. The van der Waals surface area contributed by atoms with E-state index in [1.807, 2.05) is 52.0 Å². The first-order valence-corrected chi connectivity index (χ1v) is 8.33. The van der Waals surface area contributed by atoms with E-state index in [-0.39, 0.29) is 5.60 Å². The van der Waals surface area contributed by atoms with E-state index in [1.165, 1.54) is 0 Å². The summed E-state index contributed by atoms with van der Waals surface area (Å²) >= 11 is 0. The number of aliphatic carboxylic acids is 1. The number of ether oxygens (including phenoxy) is 2. The predicted octanol–water partition coefficient (Wildman–Crippen LogP) is 4.75. The van der Waals surface area contributed by atoms with Gasteiger partial charge >= 0.3 is 12.1 Å². The number of carbonyl (C=O) groups is 1. The van der Waals surface area contributed by atoms with E-state index in [0.29, 0.717) is 11.4 Å². The standard InChI is InChI=1S/C18H20N2O2.C2HF3O2/c1-12-8-9-20-15(11-19)17(12)14-7-6-13(10-16(14)21-5)22-18(2,3)4;3-2(4,5)1(6)7/h6-10H,1-5H3;(H,6,7). The van der Waals surface area contributed by atoms with Gasteiger partial charge < -0.3 is 14.6 Å². The second kappa shape index (κ2) is 9.28. The number of nitrogens with zero attached hydrogens (tertiary/aromatic N) is 2. The maximum Gasteiger partial charge on any atom is 0.490 e. The second-order valence-electron chi connectivity index (χ2n) is 6.84. The van der Waals surface area contributed by atoms with Gasteiger partial charge in [0.2, 0.25) is 0 Å².